The number of thiazole rings is 1. The van der Waals surface area contributed by atoms with Gasteiger partial charge in [0.25, 0.3) is 0 Å². The number of carbonyl (C=O) groups is 1. The van der Waals surface area contributed by atoms with Crippen molar-refractivity contribution in [3.05, 3.63) is 53.4 Å². The fourth-order valence-electron chi connectivity index (χ4n) is 2.32. The van der Waals surface area contributed by atoms with E-state index in [-0.39, 0.29) is 0 Å². The van der Waals surface area contributed by atoms with Crippen LogP contribution in [0.1, 0.15) is 5.56 Å². The Morgan fingerprint density at radius 2 is 1.74 bits per heavy atom. The summed E-state index contributed by atoms with van der Waals surface area (Å²) in [6.45, 7) is 0. The number of nitrogens with zero attached hydrogens (tertiary/aromatic N) is 2. The van der Waals surface area contributed by atoms with Crippen molar-refractivity contribution >= 4 is 28.2 Å². The van der Waals surface area contributed by atoms with E-state index in [2.05, 4.69) is 21.7 Å². The van der Waals surface area contributed by atoms with Gasteiger partial charge in [0.05, 0.1) is 31.5 Å². The van der Waals surface area contributed by atoms with Gasteiger partial charge in [-0.25, -0.2) is 9.78 Å². The molecule has 0 aliphatic rings. The highest BCUT2D eigenvalue weighted by Gasteiger charge is 2.10. The lowest BCUT2D eigenvalue weighted by Gasteiger charge is -2.09. The number of amides is 2. The first-order chi connectivity index (χ1) is 13.1. The Kier molecular flexibility index (Phi) is 5.54. The Bertz CT molecular complexity index is 971. The van der Waals surface area contributed by atoms with E-state index in [0.29, 0.717) is 27.9 Å². The highest BCUT2D eigenvalue weighted by molar-refractivity contribution is 7.14. The number of rotatable bonds is 5. The minimum atomic E-state index is -0.425. The Balaban J connectivity index is 1.68. The van der Waals surface area contributed by atoms with Gasteiger partial charge in [-0.2, -0.15) is 5.26 Å². The second-order valence-electron chi connectivity index (χ2n) is 5.41. The number of methoxy groups -OCH3 is 2. The molecule has 7 nitrogen and oxygen atoms in total. The third-order valence-corrected chi connectivity index (χ3v) is 4.40. The number of benzene rings is 2. The maximum atomic E-state index is 12.2. The molecule has 0 bridgehead atoms. The number of ether oxygens (including phenoxy) is 2. The second kappa shape index (κ2) is 8.21. The summed E-state index contributed by atoms with van der Waals surface area (Å²) in [7, 11) is 3.08. The lowest BCUT2D eigenvalue weighted by molar-refractivity contribution is 0.262. The van der Waals surface area contributed by atoms with Crippen LogP contribution in [0.25, 0.3) is 11.3 Å². The van der Waals surface area contributed by atoms with Crippen LogP contribution >= 0.6 is 11.3 Å². The smallest absolute Gasteiger partial charge is 0.325 e. The van der Waals surface area contributed by atoms with E-state index < -0.39 is 6.03 Å². The molecule has 3 rings (SSSR count). The highest BCUT2D eigenvalue weighted by Crippen LogP contribution is 2.27. The highest BCUT2D eigenvalue weighted by atomic mass is 32.1. The van der Waals surface area contributed by atoms with Gasteiger partial charge in [0, 0.05) is 34.8 Å². The number of nitriles is 1. The molecule has 8 heteroatoms. The zero-order valence-electron chi connectivity index (χ0n) is 14.6. The molecule has 0 unspecified atom stereocenters. The standard InChI is InChI=1S/C19H16N4O3S/c1-25-15-7-14(8-16(9-15)26-2)21-18(24)23-19-22-17(11-27-19)13-5-3-12(10-20)4-6-13/h3-9,11H,1-2H3,(H2,21,22,23,24). The van der Waals surface area contributed by atoms with Gasteiger partial charge in [-0.15, -0.1) is 11.3 Å². The third-order valence-electron chi connectivity index (χ3n) is 3.64. The summed E-state index contributed by atoms with van der Waals surface area (Å²) in [6, 6.07) is 13.8. The number of hydrogen-bond acceptors (Lipinski definition) is 6. The van der Waals surface area contributed by atoms with Crippen LogP contribution < -0.4 is 20.1 Å². The monoisotopic (exact) mass is 380 g/mol. The zero-order chi connectivity index (χ0) is 19.2. The van der Waals surface area contributed by atoms with Crippen molar-refractivity contribution in [3.8, 4) is 28.8 Å². The normalized spacial score (nSPS) is 9.96. The Morgan fingerprint density at radius 1 is 1.07 bits per heavy atom. The van der Waals surface area contributed by atoms with Gasteiger partial charge < -0.3 is 14.8 Å². The molecular formula is C19H16N4O3S. The molecule has 0 aliphatic carbocycles. The van der Waals surface area contributed by atoms with E-state index in [4.69, 9.17) is 14.7 Å². The summed E-state index contributed by atoms with van der Waals surface area (Å²) < 4.78 is 10.4. The van der Waals surface area contributed by atoms with E-state index in [1.165, 1.54) is 11.3 Å². The van der Waals surface area contributed by atoms with Gasteiger partial charge in [0.15, 0.2) is 5.13 Å². The predicted octanol–water partition coefficient (Wildman–Crippen LogP) is 4.34. The first kappa shape index (κ1) is 18.2. The van der Waals surface area contributed by atoms with Gasteiger partial charge >= 0.3 is 6.03 Å². The quantitative estimate of drug-likeness (QED) is 0.686. The van der Waals surface area contributed by atoms with Crippen molar-refractivity contribution in [1.82, 2.24) is 4.98 Å². The van der Waals surface area contributed by atoms with Gasteiger partial charge in [0.2, 0.25) is 0 Å². The summed E-state index contributed by atoms with van der Waals surface area (Å²) in [6.07, 6.45) is 0. The van der Waals surface area contributed by atoms with Gasteiger partial charge in [-0.1, -0.05) is 12.1 Å². The van der Waals surface area contributed by atoms with Crippen molar-refractivity contribution in [2.45, 2.75) is 0 Å². The molecule has 3 aromatic rings. The molecule has 0 aliphatic heterocycles. The van der Waals surface area contributed by atoms with E-state index in [9.17, 15) is 4.79 Å². The molecule has 1 aromatic heterocycles. The largest absolute Gasteiger partial charge is 0.497 e. The van der Waals surface area contributed by atoms with Gasteiger partial charge in [-0.05, 0) is 12.1 Å². The molecule has 0 saturated heterocycles. The van der Waals surface area contributed by atoms with E-state index in [1.54, 1.807) is 44.6 Å². The van der Waals surface area contributed by atoms with Crippen LogP contribution in [0.5, 0.6) is 11.5 Å². The van der Waals surface area contributed by atoms with Gasteiger partial charge in [0.1, 0.15) is 11.5 Å². The van der Waals surface area contributed by atoms with E-state index in [0.717, 1.165) is 11.3 Å². The van der Waals surface area contributed by atoms with Crippen molar-refractivity contribution in [2.24, 2.45) is 0 Å². The molecule has 2 N–H and O–H groups in total. The third kappa shape index (κ3) is 4.54. The second-order valence-corrected chi connectivity index (χ2v) is 6.27. The molecule has 27 heavy (non-hydrogen) atoms. The van der Waals surface area contributed by atoms with Crippen LogP contribution in [0.4, 0.5) is 15.6 Å². The summed E-state index contributed by atoms with van der Waals surface area (Å²) in [5, 5.41) is 16.6. The number of anilines is 2. The fourth-order valence-corrected chi connectivity index (χ4v) is 3.03. The SMILES string of the molecule is COc1cc(NC(=O)Nc2nc(-c3ccc(C#N)cc3)cs2)cc(OC)c1. The molecular weight excluding hydrogens is 364 g/mol. The van der Waals surface area contributed by atoms with Crippen LogP contribution in [-0.4, -0.2) is 25.2 Å². The van der Waals surface area contributed by atoms with Crippen molar-refractivity contribution < 1.29 is 14.3 Å². The lowest BCUT2D eigenvalue weighted by Crippen LogP contribution is -2.19. The average molecular weight is 380 g/mol. The summed E-state index contributed by atoms with van der Waals surface area (Å²) >= 11 is 1.31. The summed E-state index contributed by atoms with van der Waals surface area (Å²) in [5.74, 6) is 1.14. The number of hydrogen-bond donors (Lipinski definition) is 2. The van der Waals surface area contributed by atoms with E-state index >= 15 is 0 Å². The van der Waals surface area contributed by atoms with Crippen molar-refractivity contribution in [2.75, 3.05) is 24.9 Å². The number of nitrogens with one attached hydrogen (secondary N) is 2. The molecule has 0 fully saturated rings. The Hall–Kier alpha value is -3.57. The van der Waals surface area contributed by atoms with Crippen molar-refractivity contribution in [3.63, 3.8) is 0 Å². The van der Waals surface area contributed by atoms with Crippen LogP contribution in [0, 0.1) is 11.3 Å². The molecule has 1 heterocycles. The Morgan fingerprint density at radius 3 is 2.33 bits per heavy atom. The zero-order valence-corrected chi connectivity index (χ0v) is 15.5. The maximum absolute atomic E-state index is 12.2. The van der Waals surface area contributed by atoms with Crippen LogP contribution in [-0.2, 0) is 0 Å². The molecule has 2 aromatic carbocycles. The maximum Gasteiger partial charge on any atom is 0.325 e. The molecule has 0 saturated carbocycles. The van der Waals surface area contributed by atoms with Crippen LogP contribution in [0.15, 0.2) is 47.8 Å². The first-order valence-corrected chi connectivity index (χ1v) is 8.76. The lowest BCUT2D eigenvalue weighted by atomic mass is 10.1. The first-order valence-electron chi connectivity index (χ1n) is 7.88. The molecule has 0 spiro atoms. The van der Waals surface area contributed by atoms with Crippen LogP contribution in [0.2, 0.25) is 0 Å². The molecule has 2 amide bonds. The van der Waals surface area contributed by atoms with Crippen molar-refractivity contribution in [1.29, 1.82) is 5.26 Å². The predicted molar refractivity (Wildman–Crippen MR) is 104 cm³/mol. The Labute approximate surface area is 160 Å². The number of aromatic nitrogens is 1. The van der Waals surface area contributed by atoms with Gasteiger partial charge in [-0.3, -0.25) is 5.32 Å². The topological polar surface area (TPSA) is 96.3 Å². The number of carbonyl (C=O) groups excluding carboxylic acids is 1. The van der Waals surface area contributed by atoms with Crippen LogP contribution in [0.3, 0.4) is 0 Å². The molecule has 0 radical (unpaired) electrons. The number of urea groups is 1. The minimum Gasteiger partial charge on any atom is -0.497 e. The summed E-state index contributed by atoms with van der Waals surface area (Å²) in [4.78, 5) is 16.6. The van der Waals surface area contributed by atoms with E-state index in [1.807, 2.05) is 17.5 Å². The molecule has 0 atom stereocenters. The minimum absolute atomic E-state index is 0.425. The fraction of sp³-hybridized carbons (Fsp3) is 0.105. The molecule has 136 valence electrons. The summed E-state index contributed by atoms with van der Waals surface area (Å²) in [5.41, 5.74) is 2.71. The average Bonchev–Trinajstić information content (AvgIpc) is 3.15.